The number of benzene rings is 3. The minimum absolute atomic E-state index is 0.00626. The van der Waals surface area contributed by atoms with Crippen molar-refractivity contribution in [1.82, 2.24) is 5.32 Å². The summed E-state index contributed by atoms with van der Waals surface area (Å²) < 4.78 is 28.3. The number of amides is 1. The molecule has 0 aromatic heterocycles. The summed E-state index contributed by atoms with van der Waals surface area (Å²) in [6.45, 7) is 0.240. The van der Waals surface area contributed by atoms with Crippen molar-refractivity contribution < 1.29 is 13.2 Å². The van der Waals surface area contributed by atoms with E-state index in [0.29, 0.717) is 11.4 Å². The lowest BCUT2D eigenvalue weighted by Crippen LogP contribution is -2.32. The fraction of sp³-hybridized carbons (Fsp3) is 0.174. The van der Waals surface area contributed by atoms with Crippen LogP contribution in [0.1, 0.15) is 22.1 Å². The Kier molecular flexibility index (Phi) is 6.11. The molecule has 1 amide bonds. The van der Waals surface area contributed by atoms with Gasteiger partial charge in [-0.3, -0.25) is 9.10 Å². The van der Waals surface area contributed by atoms with E-state index in [4.69, 9.17) is 0 Å². The minimum Gasteiger partial charge on any atom is -0.339 e. The van der Waals surface area contributed by atoms with Crippen molar-refractivity contribution in [2.24, 2.45) is 0 Å². The third-order valence-corrected chi connectivity index (χ3v) is 7.69. The first-order valence-electron chi connectivity index (χ1n) is 9.60. The molecule has 1 atom stereocenters. The minimum atomic E-state index is -3.64. The molecule has 0 bridgehead atoms. The van der Waals surface area contributed by atoms with Gasteiger partial charge in [-0.25, -0.2) is 8.42 Å². The molecular formula is C23H22N2O3S2. The van der Waals surface area contributed by atoms with Crippen LogP contribution in [0.5, 0.6) is 0 Å². The van der Waals surface area contributed by atoms with Crippen LogP contribution in [0.2, 0.25) is 0 Å². The molecule has 1 saturated heterocycles. The Balaban J connectivity index is 1.69. The first-order chi connectivity index (χ1) is 14.5. The summed E-state index contributed by atoms with van der Waals surface area (Å²) in [7, 11) is -3.64. The van der Waals surface area contributed by atoms with Crippen LogP contribution in [0.3, 0.4) is 0 Å². The van der Waals surface area contributed by atoms with Crippen molar-refractivity contribution in [3.05, 3.63) is 102 Å². The van der Waals surface area contributed by atoms with Gasteiger partial charge in [0.05, 0.1) is 23.7 Å². The van der Waals surface area contributed by atoms with E-state index in [9.17, 15) is 13.2 Å². The smallest absolute Gasteiger partial charge is 0.239 e. The van der Waals surface area contributed by atoms with Gasteiger partial charge in [-0.2, -0.15) is 0 Å². The van der Waals surface area contributed by atoms with Crippen molar-refractivity contribution in [3.8, 4) is 0 Å². The van der Waals surface area contributed by atoms with Gasteiger partial charge in [0.25, 0.3) is 0 Å². The van der Waals surface area contributed by atoms with Crippen LogP contribution in [-0.4, -0.2) is 20.1 Å². The number of nitrogens with one attached hydrogen (secondary N) is 1. The summed E-state index contributed by atoms with van der Waals surface area (Å²) in [5.41, 5.74) is 3.12. The van der Waals surface area contributed by atoms with Crippen molar-refractivity contribution in [2.45, 2.75) is 17.7 Å². The molecular weight excluding hydrogens is 416 g/mol. The van der Waals surface area contributed by atoms with Gasteiger partial charge in [-0.1, -0.05) is 72.8 Å². The lowest BCUT2D eigenvalue weighted by molar-refractivity contribution is -0.118. The van der Waals surface area contributed by atoms with Gasteiger partial charge < -0.3 is 5.32 Å². The zero-order valence-electron chi connectivity index (χ0n) is 16.3. The Morgan fingerprint density at radius 1 is 0.900 bits per heavy atom. The predicted molar refractivity (Wildman–Crippen MR) is 121 cm³/mol. The van der Waals surface area contributed by atoms with E-state index < -0.39 is 10.0 Å². The van der Waals surface area contributed by atoms with E-state index in [0.717, 1.165) is 16.7 Å². The number of thioether (sulfide) groups is 1. The monoisotopic (exact) mass is 438 g/mol. The summed E-state index contributed by atoms with van der Waals surface area (Å²) in [5, 5.41) is 2.76. The second-order valence-corrected chi connectivity index (χ2v) is 10.1. The summed E-state index contributed by atoms with van der Waals surface area (Å²) in [6.07, 6.45) is 0. The van der Waals surface area contributed by atoms with Crippen LogP contribution in [-0.2, 0) is 27.1 Å². The molecule has 3 aromatic rings. The molecule has 5 nitrogen and oxygen atoms in total. The SMILES string of the molecule is O=C1CSC(c2cccc(N(Cc3ccccc3)S(=O)(=O)Cc3ccccc3)c2)N1. The zero-order chi connectivity index (χ0) is 21.0. The fourth-order valence-corrected chi connectivity index (χ4v) is 5.88. The highest BCUT2D eigenvalue weighted by Gasteiger charge is 2.27. The third-order valence-electron chi connectivity index (χ3n) is 4.83. The van der Waals surface area contributed by atoms with Gasteiger partial charge in [0.15, 0.2) is 0 Å². The molecule has 1 aliphatic rings. The Bertz CT molecular complexity index is 1120. The number of rotatable bonds is 7. The van der Waals surface area contributed by atoms with Gasteiger partial charge in [-0.15, -0.1) is 11.8 Å². The van der Waals surface area contributed by atoms with E-state index >= 15 is 0 Å². The highest BCUT2D eigenvalue weighted by atomic mass is 32.2. The lowest BCUT2D eigenvalue weighted by atomic mass is 10.1. The number of sulfonamides is 1. The zero-order valence-corrected chi connectivity index (χ0v) is 17.9. The number of anilines is 1. The van der Waals surface area contributed by atoms with Crippen LogP contribution in [0.15, 0.2) is 84.9 Å². The molecule has 4 rings (SSSR count). The molecule has 1 fully saturated rings. The maximum absolute atomic E-state index is 13.4. The summed E-state index contributed by atoms with van der Waals surface area (Å²) in [5.74, 6) is 0.322. The highest BCUT2D eigenvalue weighted by molar-refractivity contribution is 8.00. The first-order valence-corrected chi connectivity index (χ1v) is 12.3. The molecule has 154 valence electrons. The Morgan fingerprint density at radius 3 is 2.20 bits per heavy atom. The fourth-order valence-electron chi connectivity index (χ4n) is 3.37. The highest BCUT2D eigenvalue weighted by Crippen LogP contribution is 2.33. The van der Waals surface area contributed by atoms with Crippen LogP contribution < -0.4 is 9.62 Å². The average Bonchev–Trinajstić information content (AvgIpc) is 3.19. The second-order valence-electron chi connectivity index (χ2n) is 7.09. The van der Waals surface area contributed by atoms with Crippen molar-refractivity contribution in [1.29, 1.82) is 0 Å². The van der Waals surface area contributed by atoms with E-state index in [-0.39, 0.29) is 23.6 Å². The van der Waals surface area contributed by atoms with E-state index in [1.165, 1.54) is 16.1 Å². The molecule has 0 saturated carbocycles. The van der Waals surface area contributed by atoms with Crippen LogP contribution in [0.4, 0.5) is 5.69 Å². The normalized spacial score (nSPS) is 16.3. The predicted octanol–water partition coefficient (Wildman–Crippen LogP) is 4.08. The molecule has 7 heteroatoms. The molecule has 0 aliphatic carbocycles. The van der Waals surface area contributed by atoms with Gasteiger partial charge in [0, 0.05) is 0 Å². The van der Waals surface area contributed by atoms with E-state index in [2.05, 4.69) is 5.32 Å². The van der Waals surface area contributed by atoms with Gasteiger partial charge in [0.2, 0.25) is 15.9 Å². The summed E-state index contributed by atoms with van der Waals surface area (Å²) in [4.78, 5) is 11.6. The van der Waals surface area contributed by atoms with Crippen molar-refractivity contribution >= 4 is 33.4 Å². The number of hydrogen-bond acceptors (Lipinski definition) is 4. The van der Waals surface area contributed by atoms with Crippen LogP contribution in [0, 0.1) is 0 Å². The molecule has 3 aromatic carbocycles. The molecule has 1 unspecified atom stereocenters. The number of carbonyl (C=O) groups is 1. The Labute approximate surface area is 181 Å². The molecule has 1 heterocycles. The molecule has 0 spiro atoms. The largest absolute Gasteiger partial charge is 0.339 e. The van der Waals surface area contributed by atoms with Crippen LogP contribution >= 0.6 is 11.8 Å². The Morgan fingerprint density at radius 2 is 1.57 bits per heavy atom. The maximum Gasteiger partial charge on any atom is 0.239 e. The molecule has 0 radical (unpaired) electrons. The van der Waals surface area contributed by atoms with Gasteiger partial charge >= 0.3 is 0 Å². The van der Waals surface area contributed by atoms with E-state index in [1.807, 2.05) is 78.9 Å². The molecule has 1 aliphatic heterocycles. The van der Waals surface area contributed by atoms with Crippen LogP contribution in [0.25, 0.3) is 0 Å². The lowest BCUT2D eigenvalue weighted by Gasteiger charge is -2.26. The maximum atomic E-state index is 13.4. The van der Waals surface area contributed by atoms with Gasteiger partial charge in [-0.05, 0) is 28.8 Å². The Hall–Kier alpha value is -2.77. The average molecular weight is 439 g/mol. The molecule has 1 N–H and O–H groups in total. The number of carbonyl (C=O) groups excluding carboxylic acids is 1. The topological polar surface area (TPSA) is 66.5 Å². The van der Waals surface area contributed by atoms with Crippen molar-refractivity contribution in [2.75, 3.05) is 10.1 Å². The van der Waals surface area contributed by atoms with Crippen molar-refractivity contribution in [3.63, 3.8) is 0 Å². The second kappa shape index (κ2) is 8.93. The quantitative estimate of drug-likeness (QED) is 0.604. The van der Waals surface area contributed by atoms with Gasteiger partial charge in [0.1, 0.15) is 5.37 Å². The number of nitrogens with zero attached hydrogens (tertiary/aromatic N) is 1. The summed E-state index contributed by atoms with van der Waals surface area (Å²) in [6, 6.07) is 26.1. The standard InChI is InChI=1S/C23H22N2O3S2/c26-22-16-29-23(24-22)20-12-7-13-21(14-20)25(15-18-8-3-1-4-9-18)30(27,28)17-19-10-5-2-6-11-19/h1-14,23H,15-17H2,(H,24,26). The van der Waals surface area contributed by atoms with E-state index in [1.54, 1.807) is 6.07 Å². The summed E-state index contributed by atoms with van der Waals surface area (Å²) >= 11 is 1.51. The third kappa shape index (κ3) is 4.86. The molecule has 30 heavy (non-hydrogen) atoms. The first kappa shape index (κ1) is 20.5. The number of hydrogen-bond donors (Lipinski definition) is 1.